The molecule has 40 heavy (non-hydrogen) atoms. The number of hydrazine groups is 1. The van der Waals surface area contributed by atoms with E-state index in [0.29, 0.717) is 30.8 Å². The molecule has 2 aliphatic heterocycles. The Morgan fingerprint density at radius 1 is 1.00 bits per heavy atom. The van der Waals surface area contributed by atoms with Gasteiger partial charge in [0.15, 0.2) is 0 Å². The summed E-state index contributed by atoms with van der Waals surface area (Å²) in [5.41, 5.74) is -0.678. The number of carbonyl (C=O) groups is 7. The summed E-state index contributed by atoms with van der Waals surface area (Å²) in [5.74, 6) is -5.75. The van der Waals surface area contributed by atoms with E-state index in [9.17, 15) is 43.8 Å². The lowest BCUT2D eigenvalue weighted by atomic mass is 9.91. The van der Waals surface area contributed by atoms with E-state index >= 15 is 0 Å². The molecule has 15 heteroatoms. The molecule has 2 aliphatic rings. The Morgan fingerprint density at radius 3 is 2.08 bits per heavy atom. The fourth-order valence-corrected chi connectivity index (χ4v) is 4.83. The van der Waals surface area contributed by atoms with Crippen molar-refractivity contribution in [1.82, 2.24) is 25.6 Å². The van der Waals surface area contributed by atoms with E-state index < -0.39 is 71.6 Å². The molecular weight excluding hydrogens is 530 g/mol. The molecule has 224 valence electrons. The standard InChI is InChI=1S/C25H39N5O10/c1-6-40-24(38)25(39,20(34)15(3)31)13-19(33)28(5)27-22(36)18-10-8-12-30(18)23(37)14(2)26-21(35)17-9-7-11-29(17)16(4)32/h14-15,17-18,31,39H,6-13H2,1-5H3,(H,26,35)(H,27,36)/t14-,15?,17-,18-,25?/m0/s1. The van der Waals surface area contributed by atoms with Gasteiger partial charge in [-0.1, -0.05) is 0 Å². The monoisotopic (exact) mass is 569 g/mol. The predicted molar refractivity (Wildman–Crippen MR) is 137 cm³/mol. The highest BCUT2D eigenvalue weighted by Gasteiger charge is 2.49. The molecule has 0 aliphatic carbocycles. The van der Waals surface area contributed by atoms with Gasteiger partial charge in [-0.2, -0.15) is 0 Å². The zero-order chi connectivity index (χ0) is 30.4. The van der Waals surface area contributed by atoms with Gasteiger partial charge in [-0.05, 0) is 46.5 Å². The zero-order valence-corrected chi connectivity index (χ0v) is 23.5. The first-order valence-electron chi connectivity index (χ1n) is 13.2. The number of aliphatic hydroxyl groups excluding tert-OH is 1. The predicted octanol–water partition coefficient (Wildman–Crippen LogP) is -2.38. The van der Waals surface area contributed by atoms with Gasteiger partial charge in [0.25, 0.3) is 5.91 Å². The molecular formula is C25H39N5O10. The number of Topliss-reactive ketones (excluding diaryl/α,β-unsaturated/α-hetero) is 1. The number of ether oxygens (including phenoxy) is 1. The Bertz CT molecular complexity index is 1030. The summed E-state index contributed by atoms with van der Waals surface area (Å²) in [6.45, 7) is 5.78. The summed E-state index contributed by atoms with van der Waals surface area (Å²) in [6, 6.07) is -2.63. The zero-order valence-electron chi connectivity index (χ0n) is 23.5. The molecule has 0 bridgehead atoms. The van der Waals surface area contributed by atoms with Crippen LogP contribution in [0.1, 0.15) is 59.8 Å². The third kappa shape index (κ3) is 7.33. The minimum Gasteiger partial charge on any atom is -0.463 e. The number of ketones is 1. The van der Waals surface area contributed by atoms with Gasteiger partial charge < -0.3 is 30.1 Å². The summed E-state index contributed by atoms with van der Waals surface area (Å²) in [5, 5.41) is 23.5. The summed E-state index contributed by atoms with van der Waals surface area (Å²) < 4.78 is 4.69. The highest BCUT2D eigenvalue weighted by molar-refractivity contribution is 6.11. The molecule has 2 unspecified atom stereocenters. The van der Waals surface area contributed by atoms with E-state index in [4.69, 9.17) is 0 Å². The molecule has 0 aromatic carbocycles. The minimum absolute atomic E-state index is 0.199. The highest BCUT2D eigenvalue weighted by Crippen LogP contribution is 2.21. The molecule has 0 radical (unpaired) electrons. The van der Waals surface area contributed by atoms with Crippen molar-refractivity contribution in [2.24, 2.45) is 0 Å². The smallest absolute Gasteiger partial charge is 0.346 e. The average Bonchev–Trinajstić information content (AvgIpc) is 3.58. The molecule has 2 rings (SSSR count). The van der Waals surface area contributed by atoms with Crippen molar-refractivity contribution in [2.75, 3.05) is 26.7 Å². The van der Waals surface area contributed by atoms with Gasteiger partial charge in [-0.25, -0.2) is 4.79 Å². The fraction of sp³-hybridized carbons (Fsp3) is 0.720. The number of hydrogen-bond donors (Lipinski definition) is 4. The van der Waals surface area contributed by atoms with Crippen LogP contribution in [0, 0.1) is 0 Å². The van der Waals surface area contributed by atoms with E-state index in [1.165, 1.54) is 30.6 Å². The van der Waals surface area contributed by atoms with Gasteiger partial charge in [0.05, 0.1) is 13.0 Å². The van der Waals surface area contributed by atoms with E-state index in [2.05, 4.69) is 15.5 Å². The number of carbonyl (C=O) groups excluding carboxylic acids is 7. The lowest BCUT2D eigenvalue weighted by Crippen LogP contribution is -2.58. The van der Waals surface area contributed by atoms with Crippen LogP contribution in [0.2, 0.25) is 0 Å². The van der Waals surface area contributed by atoms with Gasteiger partial charge >= 0.3 is 5.97 Å². The van der Waals surface area contributed by atoms with E-state index in [1.807, 2.05) is 0 Å². The van der Waals surface area contributed by atoms with Gasteiger partial charge in [-0.3, -0.25) is 39.2 Å². The van der Waals surface area contributed by atoms with Gasteiger partial charge in [0, 0.05) is 27.1 Å². The Labute approximate surface area is 232 Å². The highest BCUT2D eigenvalue weighted by atomic mass is 16.6. The van der Waals surface area contributed by atoms with Crippen LogP contribution in [0.3, 0.4) is 0 Å². The molecule has 5 amide bonds. The molecule has 0 aromatic heterocycles. The van der Waals surface area contributed by atoms with E-state index in [-0.39, 0.29) is 25.5 Å². The topological polar surface area (TPSA) is 203 Å². The summed E-state index contributed by atoms with van der Waals surface area (Å²) in [6.07, 6.45) is -0.980. The van der Waals surface area contributed by atoms with Crippen molar-refractivity contribution < 1.29 is 48.5 Å². The Morgan fingerprint density at radius 2 is 1.55 bits per heavy atom. The summed E-state index contributed by atoms with van der Waals surface area (Å²) in [4.78, 5) is 90.7. The Hall–Kier alpha value is -3.59. The van der Waals surface area contributed by atoms with Crippen LogP contribution in [-0.4, -0.2) is 123 Å². The van der Waals surface area contributed by atoms with Crippen molar-refractivity contribution in [3.63, 3.8) is 0 Å². The normalized spacial score (nSPS) is 21.6. The lowest BCUT2D eigenvalue weighted by Gasteiger charge is -2.31. The number of aliphatic hydroxyl groups is 2. The van der Waals surface area contributed by atoms with Crippen molar-refractivity contribution in [3.8, 4) is 0 Å². The third-order valence-electron chi connectivity index (χ3n) is 6.99. The van der Waals surface area contributed by atoms with E-state index in [0.717, 1.165) is 14.0 Å². The Balaban J connectivity index is 2.04. The summed E-state index contributed by atoms with van der Waals surface area (Å²) >= 11 is 0. The van der Waals surface area contributed by atoms with Crippen LogP contribution < -0.4 is 10.7 Å². The van der Waals surface area contributed by atoms with Crippen LogP contribution in [0.5, 0.6) is 0 Å². The van der Waals surface area contributed by atoms with Crippen LogP contribution in [-0.2, 0) is 38.3 Å². The first-order chi connectivity index (χ1) is 18.6. The molecule has 0 saturated carbocycles. The molecule has 2 saturated heterocycles. The number of amides is 5. The minimum atomic E-state index is -2.97. The number of esters is 1. The van der Waals surface area contributed by atoms with Crippen LogP contribution in [0.25, 0.3) is 0 Å². The lowest BCUT2D eigenvalue weighted by molar-refractivity contribution is -0.177. The quantitative estimate of drug-likeness (QED) is 0.125. The van der Waals surface area contributed by atoms with Crippen molar-refractivity contribution in [2.45, 2.75) is 89.6 Å². The first-order valence-corrected chi connectivity index (χ1v) is 13.2. The number of rotatable bonds is 10. The molecule has 2 fully saturated rings. The van der Waals surface area contributed by atoms with Crippen LogP contribution in [0.4, 0.5) is 0 Å². The molecule has 2 heterocycles. The van der Waals surface area contributed by atoms with Crippen molar-refractivity contribution in [3.05, 3.63) is 0 Å². The maximum atomic E-state index is 13.1. The maximum absolute atomic E-state index is 13.1. The van der Waals surface area contributed by atoms with Crippen LogP contribution in [0.15, 0.2) is 0 Å². The van der Waals surface area contributed by atoms with Gasteiger partial charge in [0.1, 0.15) is 24.2 Å². The second-order valence-electron chi connectivity index (χ2n) is 10.0. The van der Waals surface area contributed by atoms with Crippen molar-refractivity contribution in [1.29, 1.82) is 0 Å². The fourth-order valence-electron chi connectivity index (χ4n) is 4.83. The third-order valence-corrected chi connectivity index (χ3v) is 6.99. The number of hydrogen-bond acceptors (Lipinski definition) is 10. The van der Waals surface area contributed by atoms with Gasteiger partial charge in [-0.15, -0.1) is 0 Å². The van der Waals surface area contributed by atoms with Gasteiger partial charge in [0.2, 0.25) is 35.0 Å². The second kappa shape index (κ2) is 13.7. The summed E-state index contributed by atoms with van der Waals surface area (Å²) in [7, 11) is 1.13. The Kier molecular flexibility index (Phi) is 11.1. The molecule has 4 N–H and O–H groups in total. The van der Waals surface area contributed by atoms with Crippen molar-refractivity contribution >= 4 is 41.3 Å². The average molecular weight is 570 g/mol. The second-order valence-corrected chi connectivity index (χ2v) is 10.0. The largest absolute Gasteiger partial charge is 0.463 e. The maximum Gasteiger partial charge on any atom is 0.346 e. The first kappa shape index (κ1) is 32.6. The van der Waals surface area contributed by atoms with E-state index in [1.54, 1.807) is 0 Å². The number of nitrogens with zero attached hydrogens (tertiary/aromatic N) is 3. The SMILES string of the molecule is CCOC(=O)C(O)(CC(=O)N(C)NC(=O)[C@@H]1CCCN1C(=O)[C@H](C)NC(=O)[C@@H]1CCCN1C(C)=O)C(=O)C(C)O. The number of nitrogens with one attached hydrogen (secondary N) is 2. The molecule has 5 atom stereocenters. The molecule has 15 nitrogen and oxygen atoms in total. The molecule has 0 spiro atoms. The number of likely N-dealkylation sites (tertiary alicyclic amines) is 2. The van der Waals surface area contributed by atoms with Crippen LogP contribution >= 0.6 is 0 Å². The molecule has 0 aromatic rings.